The Balaban J connectivity index is 2.24. The molecule has 0 aromatic carbocycles. The first-order chi connectivity index (χ1) is 8.51. The summed E-state index contributed by atoms with van der Waals surface area (Å²) < 4.78 is 26.3. The smallest absolute Gasteiger partial charge is 0.265 e. The molecule has 2 aromatic heterocycles. The first-order valence-electron chi connectivity index (χ1n) is 4.89. The van der Waals surface area contributed by atoms with E-state index in [-0.39, 0.29) is 4.90 Å². The van der Waals surface area contributed by atoms with Gasteiger partial charge in [-0.25, -0.2) is 24.2 Å². The largest absolute Gasteiger partial charge is 0.308 e. The number of pyridine rings is 1. The zero-order chi connectivity index (χ0) is 13.2. The van der Waals surface area contributed by atoms with Crippen LogP contribution in [0.15, 0.2) is 28.6 Å². The average molecular weight is 285 g/mol. The lowest BCUT2D eigenvalue weighted by Crippen LogP contribution is -2.14. The number of hydrogen-bond acceptors (Lipinski definition) is 7. The normalized spacial score (nSPS) is 11.2. The molecule has 9 heteroatoms. The van der Waals surface area contributed by atoms with Gasteiger partial charge >= 0.3 is 0 Å². The third-order valence-corrected chi connectivity index (χ3v) is 4.36. The lowest BCUT2D eigenvalue weighted by molar-refractivity contribution is 0.601. The quantitative estimate of drug-likeness (QED) is 0.569. The lowest BCUT2D eigenvalue weighted by atomic mass is 10.5. The van der Waals surface area contributed by atoms with E-state index in [1.54, 1.807) is 12.3 Å². The van der Waals surface area contributed by atoms with Crippen molar-refractivity contribution in [2.24, 2.45) is 5.84 Å². The molecule has 18 heavy (non-hydrogen) atoms. The van der Waals surface area contributed by atoms with Gasteiger partial charge in [-0.1, -0.05) is 0 Å². The molecule has 0 saturated carbocycles. The van der Waals surface area contributed by atoms with Crippen LogP contribution in [0.2, 0.25) is 0 Å². The molecule has 2 rings (SSSR count). The number of sulfonamides is 1. The molecule has 2 heterocycles. The molecule has 0 spiro atoms. The van der Waals surface area contributed by atoms with Crippen LogP contribution in [0.1, 0.15) is 5.69 Å². The molecule has 4 N–H and O–H groups in total. The van der Waals surface area contributed by atoms with Gasteiger partial charge in [-0.15, -0.1) is 11.3 Å². The predicted molar refractivity (Wildman–Crippen MR) is 69.7 cm³/mol. The number of thiazole rings is 1. The van der Waals surface area contributed by atoms with Gasteiger partial charge in [-0.05, 0) is 19.1 Å². The van der Waals surface area contributed by atoms with E-state index >= 15 is 0 Å². The molecule has 0 unspecified atom stereocenters. The van der Waals surface area contributed by atoms with Crippen molar-refractivity contribution >= 4 is 32.3 Å². The second-order valence-electron chi connectivity index (χ2n) is 3.42. The Morgan fingerprint density at radius 2 is 2.17 bits per heavy atom. The highest BCUT2D eigenvalue weighted by Crippen LogP contribution is 2.19. The Bertz CT molecular complexity index is 635. The molecule has 0 aliphatic heterocycles. The van der Waals surface area contributed by atoms with Crippen molar-refractivity contribution in [2.75, 3.05) is 10.1 Å². The van der Waals surface area contributed by atoms with E-state index < -0.39 is 10.0 Å². The first kappa shape index (κ1) is 12.7. The number of nitrogens with zero attached hydrogens (tertiary/aromatic N) is 2. The highest BCUT2D eigenvalue weighted by molar-refractivity contribution is 7.93. The second-order valence-corrected chi connectivity index (χ2v) is 5.96. The van der Waals surface area contributed by atoms with Crippen molar-refractivity contribution in [1.82, 2.24) is 9.97 Å². The van der Waals surface area contributed by atoms with Crippen LogP contribution in [0.3, 0.4) is 0 Å². The van der Waals surface area contributed by atoms with Crippen LogP contribution in [0.25, 0.3) is 0 Å². The summed E-state index contributed by atoms with van der Waals surface area (Å²) in [7, 11) is -3.66. The fraction of sp³-hybridized carbons (Fsp3) is 0.111. The van der Waals surface area contributed by atoms with Gasteiger partial charge in [0.1, 0.15) is 10.7 Å². The number of nitrogens with one attached hydrogen (secondary N) is 2. The molecule has 0 aliphatic rings. The van der Waals surface area contributed by atoms with Gasteiger partial charge in [0, 0.05) is 11.6 Å². The lowest BCUT2D eigenvalue weighted by Gasteiger charge is -2.05. The van der Waals surface area contributed by atoms with Crippen molar-refractivity contribution < 1.29 is 8.42 Å². The maximum absolute atomic E-state index is 12.0. The van der Waals surface area contributed by atoms with E-state index in [2.05, 4.69) is 20.1 Å². The summed E-state index contributed by atoms with van der Waals surface area (Å²) in [5, 5.41) is 2.09. The SMILES string of the molecule is Cc1csc(NS(=O)(=O)c2ccc(NN)nc2)n1. The number of aromatic nitrogens is 2. The van der Waals surface area contributed by atoms with Gasteiger partial charge < -0.3 is 5.43 Å². The number of anilines is 2. The van der Waals surface area contributed by atoms with Gasteiger partial charge in [0.05, 0.1) is 5.69 Å². The molecule has 2 aromatic rings. The van der Waals surface area contributed by atoms with E-state index in [0.29, 0.717) is 10.9 Å². The zero-order valence-corrected chi connectivity index (χ0v) is 11.0. The average Bonchev–Trinajstić information content (AvgIpc) is 2.74. The van der Waals surface area contributed by atoms with E-state index in [9.17, 15) is 8.42 Å². The van der Waals surface area contributed by atoms with Crippen molar-refractivity contribution in [3.63, 3.8) is 0 Å². The molecule has 0 fully saturated rings. The Labute approximate surface area is 108 Å². The Morgan fingerprint density at radius 3 is 2.67 bits per heavy atom. The summed E-state index contributed by atoms with van der Waals surface area (Å²) in [6.07, 6.45) is 1.22. The molecule has 0 saturated heterocycles. The fourth-order valence-electron chi connectivity index (χ4n) is 1.20. The Morgan fingerprint density at radius 1 is 1.39 bits per heavy atom. The molecule has 0 amide bonds. The summed E-state index contributed by atoms with van der Waals surface area (Å²) in [4.78, 5) is 7.92. The second kappa shape index (κ2) is 4.88. The van der Waals surface area contributed by atoms with Crippen molar-refractivity contribution in [1.29, 1.82) is 0 Å². The van der Waals surface area contributed by atoms with Gasteiger partial charge in [0.15, 0.2) is 5.13 Å². The number of nitrogen functional groups attached to an aromatic ring is 1. The summed E-state index contributed by atoms with van der Waals surface area (Å²) in [6, 6.07) is 2.88. The van der Waals surface area contributed by atoms with Crippen molar-refractivity contribution in [3.05, 3.63) is 29.4 Å². The van der Waals surface area contributed by atoms with E-state index in [0.717, 1.165) is 5.69 Å². The zero-order valence-electron chi connectivity index (χ0n) is 9.41. The Hall–Kier alpha value is -1.71. The number of hydrogen-bond donors (Lipinski definition) is 3. The van der Waals surface area contributed by atoms with Gasteiger partial charge in [0.2, 0.25) is 0 Å². The summed E-state index contributed by atoms with van der Waals surface area (Å²) >= 11 is 1.22. The number of nitrogens with two attached hydrogens (primary N) is 1. The van der Waals surface area contributed by atoms with E-state index in [1.165, 1.54) is 29.7 Å². The molecule has 0 atom stereocenters. The van der Waals surface area contributed by atoms with Gasteiger partial charge in [-0.3, -0.25) is 4.72 Å². The van der Waals surface area contributed by atoms with Crippen LogP contribution >= 0.6 is 11.3 Å². The van der Waals surface area contributed by atoms with Crippen LogP contribution in [-0.4, -0.2) is 18.4 Å². The molecule has 0 radical (unpaired) electrons. The summed E-state index contributed by atoms with van der Waals surface area (Å²) in [5.74, 6) is 5.54. The standard InChI is InChI=1S/C9H11N5O2S2/c1-6-5-17-9(12-6)14-18(15,16)7-2-3-8(13-10)11-4-7/h2-5H,10H2,1H3,(H,11,13)(H,12,14). The van der Waals surface area contributed by atoms with Crippen LogP contribution in [0.5, 0.6) is 0 Å². The highest BCUT2D eigenvalue weighted by Gasteiger charge is 2.16. The molecule has 96 valence electrons. The molecule has 0 aliphatic carbocycles. The Kier molecular flexibility index (Phi) is 3.45. The number of rotatable bonds is 4. The van der Waals surface area contributed by atoms with Crippen LogP contribution in [0, 0.1) is 6.92 Å². The maximum atomic E-state index is 12.0. The van der Waals surface area contributed by atoms with Crippen LogP contribution in [0.4, 0.5) is 10.9 Å². The minimum Gasteiger partial charge on any atom is -0.308 e. The molecular weight excluding hydrogens is 274 g/mol. The number of hydrazine groups is 1. The van der Waals surface area contributed by atoms with Crippen molar-refractivity contribution in [3.8, 4) is 0 Å². The van der Waals surface area contributed by atoms with Crippen LogP contribution in [-0.2, 0) is 10.0 Å². The van der Waals surface area contributed by atoms with Crippen LogP contribution < -0.4 is 16.0 Å². The molecule has 7 nitrogen and oxygen atoms in total. The minimum absolute atomic E-state index is 0.0503. The maximum Gasteiger partial charge on any atom is 0.265 e. The number of aryl methyl sites for hydroxylation is 1. The first-order valence-corrected chi connectivity index (χ1v) is 7.25. The van der Waals surface area contributed by atoms with Crippen molar-refractivity contribution in [2.45, 2.75) is 11.8 Å². The monoisotopic (exact) mass is 285 g/mol. The fourth-order valence-corrected chi connectivity index (χ4v) is 3.08. The molecular formula is C9H11N5O2S2. The van der Waals surface area contributed by atoms with E-state index in [4.69, 9.17) is 5.84 Å². The topological polar surface area (TPSA) is 110 Å². The minimum atomic E-state index is -3.66. The third kappa shape index (κ3) is 2.75. The van der Waals surface area contributed by atoms with Gasteiger partial charge in [0.25, 0.3) is 10.0 Å². The highest BCUT2D eigenvalue weighted by atomic mass is 32.2. The summed E-state index contributed by atoms with van der Waals surface area (Å²) in [5.41, 5.74) is 3.08. The summed E-state index contributed by atoms with van der Waals surface area (Å²) in [6.45, 7) is 1.79. The molecule has 0 bridgehead atoms. The van der Waals surface area contributed by atoms with Gasteiger partial charge in [-0.2, -0.15) is 0 Å². The predicted octanol–water partition coefficient (Wildman–Crippen LogP) is 0.933. The van der Waals surface area contributed by atoms with E-state index in [1.807, 2.05) is 0 Å². The third-order valence-electron chi connectivity index (χ3n) is 2.04.